The highest BCUT2D eigenvalue weighted by atomic mass is 16.4. The van der Waals surface area contributed by atoms with Gasteiger partial charge in [-0.25, -0.2) is 0 Å². The van der Waals surface area contributed by atoms with E-state index >= 15 is 0 Å². The molecule has 0 aliphatic rings. The number of unbranched alkanes of at least 4 members (excludes halogenated alkanes) is 1. The van der Waals surface area contributed by atoms with E-state index in [2.05, 4.69) is 43.5 Å². The van der Waals surface area contributed by atoms with Crippen LogP contribution in [0.5, 0.6) is 0 Å². The number of rotatable bonds is 5. The Bertz CT molecular complexity index is 611. The van der Waals surface area contributed by atoms with Gasteiger partial charge in [0, 0.05) is 29.6 Å². The Morgan fingerprint density at radius 3 is 2.63 bits per heavy atom. The van der Waals surface area contributed by atoms with Crippen molar-refractivity contribution in [1.29, 1.82) is 0 Å². The van der Waals surface area contributed by atoms with Gasteiger partial charge in [-0.2, -0.15) is 0 Å². The van der Waals surface area contributed by atoms with Crippen molar-refractivity contribution in [3.63, 3.8) is 0 Å². The van der Waals surface area contributed by atoms with Crippen LogP contribution in [0.3, 0.4) is 0 Å². The molecule has 0 atom stereocenters. The zero-order chi connectivity index (χ0) is 14.0. The van der Waals surface area contributed by atoms with Crippen LogP contribution in [0.1, 0.15) is 36.1 Å². The molecule has 3 nitrogen and oxygen atoms in total. The fourth-order valence-electron chi connectivity index (χ4n) is 2.56. The monoisotopic (exact) mass is 259 g/mol. The first kappa shape index (κ1) is 13.7. The Hall–Kier alpha value is -1.77. The van der Waals surface area contributed by atoms with Gasteiger partial charge < -0.3 is 9.67 Å². The number of carboxylic acid groups (broad SMARTS) is 1. The highest BCUT2D eigenvalue weighted by Gasteiger charge is 2.08. The molecule has 2 aromatic rings. The van der Waals surface area contributed by atoms with E-state index in [4.69, 9.17) is 5.11 Å². The van der Waals surface area contributed by atoms with E-state index in [1.54, 1.807) is 0 Å². The van der Waals surface area contributed by atoms with Gasteiger partial charge in [0.25, 0.3) is 0 Å². The van der Waals surface area contributed by atoms with Gasteiger partial charge in [0.1, 0.15) is 0 Å². The third kappa shape index (κ3) is 2.80. The van der Waals surface area contributed by atoms with Crippen molar-refractivity contribution in [3.8, 4) is 0 Å². The van der Waals surface area contributed by atoms with Crippen LogP contribution in [0.4, 0.5) is 0 Å². The Kier molecular flexibility index (Phi) is 3.93. The maximum atomic E-state index is 10.5. The largest absolute Gasteiger partial charge is 0.481 e. The first-order valence-corrected chi connectivity index (χ1v) is 6.78. The lowest BCUT2D eigenvalue weighted by molar-refractivity contribution is -0.137. The minimum atomic E-state index is -0.708. The first-order chi connectivity index (χ1) is 9.00. The minimum absolute atomic E-state index is 0.260. The van der Waals surface area contributed by atoms with Gasteiger partial charge in [0.05, 0.1) is 0 Å². The van der Waals surface area contributed by atoms with E-state index in [1.807, 2.05) is 0 Å². The second-order valence-corrected chi connectivity index (χ2v) is 5.23. The van der Waals surface area contributed by atoms with Gasteiger partial charge in [0.2, 0.25) is 0 Å². The molecule has 0 saturated heterocycles. The zero-order valence-electron chi connectivity index (χ0n) is 11.9. The average Bonchev–Trinajstić information content (AvgIpc) is 2.67. The summed E-state index contributed by atoms with van der Waals surface area (Å²) < 4.78 is 2.30. The summed E-state index contributed by atoms with van der Waals surface area (Å²) in [5, 5.41) is 9.97. The Morgan fingerprint density at radius 1 is 1.21 bits per heavy atom. The highest BCUT2D eigenvalue weighted by Crippen LogP contribution is 2.25. The number of carbonyl (C=O) groups is 1. The third-order valence-electron chi connectivity index (χ3n) is 3.85. The van der Waals surface area contributed by atoms with Gasteiger partial charge in [0.15, 0.2) is 0 Å². The predicted octanol–water partition coefficient (Wildman–Crippen LogP) is 3.82. The van der Waals surface area contributed by atoms with E-state index in [0.29, 0.717) is 0 Å². The number of hydrogen-bond acceptors (Lipinski definition) is 1. The van der Waals surface area contributed by atoms with Crippen molar-refractivity contribution >= 4 is 16.9 Å². The summed E-state index contributed by atoms with van der Waals surface area (Å²) in [6.45, 7) is 7.30. The lowest BCUT2D eigenvalue weighted by atomic mass is 10.1. The number of aryl methyl sites for hydroxylation is 4. The molecule has 0 fully saturated rings. The third-order valence-corrected chi connectivity index (χ3v) is 3.85. The summed E-state index contributed by atoms with van der Waals surface area (Å²) in [6.07, 6.45) is 1.90. The number of hydrogen-bond donors (Lipinski definition) is 1. The maximum absolute atomic E-state index is 10.5. The van der Waals surface area contributed by atoms with Gasteiger partial charge in [-0.3, -0.25) is 4.79 Å². The average molecular weight is 259 g/mol. The highest BCUT2D eigenvalue weighted by molar-refractivity contribution is 5.85. The van der Waals surface area contributed by atoms with Crippen LogP contribution in [-0.2, 0) is 11.3 Å². The number of aliphatic carboxylic acids is 1. The molecule has 3 heteroatoms. The molecule has 0 spiro atoms. The van der Waals surface area contributed by atoms with Crippen LogP contribution in [0.2, 0.25) is 0 Å². The summed E-state index contributed by atoms with van der Waals surface area (Å²) >= 11 is 0. The fourth-order valence-corrected chi connectivity index (χ4v) is 2.56. The smallest absolute Gasteiger partial charge is 0.303 e. The van der Waals surface area contributed by atoms with E-state index in [0.717, 1.165) is 19.4 Å². The van der Waals surface area contributed by atoms with Crippen LogP contribution in [0.15, 0.2) is 18.2 Å². The van der Waals surface area contributed by atoms with Crippen molar-refractivity contribution in [3.05, 3.63) is 35.0 Å². The van der Waals surface area contributed by atoms with Gasteiger partial charge in [-0.1, -0.05) is 6.07 Å². The maximum Gasteiger partial charge on any atom is 0.303 e. The molecule has 1 aromatic carbocycles. The zero-order valence-corrected chi connectivity index (χ0v) is 11.9. The Labute approximate surface area is 113 Å². The van der Waals surface area contributed by atoms with Gasteiger partial charge >= 0.3 is 5.97 Å². The van der Waals surface area contributed by atoms with Crippen molar-refractivity contribution in [2.45, 2.75) is 46.6 Å². The Balaban J connectivity index is 2.21. The van der Waals surface area contributed by atoms with Crippen LogP contribution < -0.4 is 0 Å². The number of nitrogens with zero attached hydrogens (tertiary/aromatic N) is 1. The Morgan fingerprint density at radius 2 is 1.95 bits per heavy atom. The topological polar surface area (TPSA) is 42.2 Å². The summed E-state index contributed by atoms with van der Waals surface area (Å²) in [4.78, 5) is 10.5. The van der Waals surface area contributed by atoms with Crippen molar-refractivity contribution in [2.75, 3.05) is 0 Å². The molecule has 2 rings (SSSR count). The summed E-state index contributed by atoms with van der Waals surface area (Å²) in [6, 6.07) is 6.56. The van der Waals surface area contributed by atoms with E-state index in [9.17, 15) is 4.79 Å². The minimum Gasteiger partial charge on any atom is -0.481 e. The van der Waals surface area contributed by atoms with Crippen LogP contribution in [0, 0.1) is 20.8 Å². The first-order valence-electron chi connectivity index (χ1n) is 6.78. The molecule has 102 valence electrons. The molecule has 0 radical (unpaired) electrons. The van der Waals surface area contributed by atoms with Crippen molar-refractivity contribution in [1.82, 2.24) is 4.57 Å². The fraction of sp³-hybridized carbons (Fsp3) is 0.438. The molecule has 0 saturated carbocycles. The van der Waals surface area contributed by atoms with E-state index < -0.39 is 5.97 Å². The molecule has 0 bridgehead atoms. The predicted molar refractivity (Wildman–Crippen MR) is 77.6 cm³/mol. The molecule has 1 aromatic heterocycles. The molecule has 0 aliphatic heterocycles. The summed E-state index contributed by atoms with van der Waals surface area (Å²) in [5.41, 5.74) is 5.16. The molecule has 0 aliphatic carbocycles. The quantitative estimate of drug-likeness (QED) is 0.829. The number of carboxylic acids is 1. The second kappa shape index (κ2) is 5.47. The molecular weight excluding hydrogens is 238 g/mol. The van der Waals surface area contributed by atoms with Crippen molar-refractivity contribution in [2.24, 2.45) is 0 Å². The van der Waals surface area contributed by atoms with Crippen LogP contribution in [-0.4, -0.2) is 15.6 Å². The molecule has 0 amide bonds. The molecule has 1 heterocycles. The summed E-state index contributed by atoms with van der Waals surface area (Å²) in [7, 11) is 0. The van der Waals surface area contributed by atoms with Gasteiger partial charge in [-0.05, 0) is 56.9 Å². The molecule has 19 heavy (non-hydrogen) atoms. The lowest BCUT2D eigenvalue weighted by Crippen LogP contribution is -2.02. The number of aromatic nitrogens is 1. The SMILES string of the molecule is Cc1ccc2c(cc(C)n2CCCCC(=O)O)c1C. The van der Waals surface area contributed by atoms with Crippen LogP contribution >= 0.6 is 0 Å². The molecule has 0 unspecified atom stereocenters. The molecular formula is C16H21NO2. The standard InChI is InChI=1S/C16H21NO2/c1-11-7-8-15-14(13(11)3)10-12(2)17(15)9-5-4-6-16(18)19/h7-8,10H,4-6,9H2,1-3H3,(H,18,19). The summed E-state index contributed by atoms with van der Waals surface area (Å²) in [5.74, 6) is -0.708. The normalized spacial score (nSPS) is 11.1. The lowest BCUT2D eigenvalue weighted by Gasteiger charge is -2.09. The van der Waals surface area contributed by atoms with Gasteiger partial charge in [-0.15, -0.1) is 0 Å². The number of benzene rings is 1. The van der Waals surface area contributed by atoms with E-state index in [1.165, 1.54) is 27.7 Å². The second-order valence-electron chi connectivity index (χ2n) is 5.23. The van der Waals surface area contributed by atoms with Crippen molar-refractivity contribution < 1.29 is 9.90 Å². The van der Waals surface area contributed by atoms with E-state index in [-0.39, 0.29) is 6.42 Å². The number of fused-ring (bicyclic) bond motifs is 1. The molecule has 1 N–H and O–H groups in total. The van der Waals surface area contributed by atoms with Crippen LogP contribution in [0.25, 0.3) is 10.9 Å².